The number of anilines is 1. The summed E-state index contributed by atoms with van der Waals surface area (Å²) in [4.78, 5) is 21.1. The van der Waals surface area contributed by atoms with Crippen LogP contribution in [0.3, 0.4) is 0 Å². The first-order valence-corrected chi connectivity index (χ1v) is 9.13. The van der Waals surface area contributed by atoms with E-state index in [1.807, 2.05) is 60.1 Å². The van der Waals surface area contributed by atoms with Crippen molar-refractivity contribution in [2.45, 2.75) is 13.5 Å². The molecule has 0 spiro atoms. The van der Waals surface area contributed by atoms with Crippen LogP contribution in [0.25, 0.3) is 0 Å². The molecule has 1 fully saturated rings. The maximum atomic E-state index is 12.5. The highest BCUT2D eigenvalue weighted by molar-refractivity contribution is 5.89. The maximum absolute atomic E-state index is 12.5. The van der Waals surface area contributed by atoms with Gasteiger partial charge in [-0.3, -0.25) is 4.90 Å². The van der Waals surface area contributed by atoms with Crippen LogP contribution in [0.2, 0.25) is 0 Å². The zero-order chi connectivity index (χ0) is 19.2. The van der Waals surface area contributed by atoms with E-state index in [0.717, 1.165) is 42.5 Å². The van der Waals surface area contributed by atoms with Gasteiger partial charge in [-0.1, -0.05) is 12.6 Å². The number of hydrogen-bond acceptors (Lipinski definition) is 4. The molecule has 27 heavy (non-hydrogen) atoms. The number of urea groups is 1. The van der Waals surface area contributed by atoms with Crippen molar-refractivity contribution < 1.29 is 9.53 Å². The van der Waals surface area contributed by atoms with Gasteiger partial charge < -0.3 is 19.5 Å². The summed E-state index contributed by atoms with van der Waals surface area (Å²) >= 11 is 0. The van der Waals surface area contributed by atoms with Crippen LogP contribution >= 0.6 is 0 Å². The largest absolute Gasteiger partial charge is 0.489 e. The fourth-order valence-corrected chi connectivity index (χ4v) is 2.93. The van der Waals surface area contributed by atoms with E-state index in [0.29, 0.717) is 19.7 Å². The molecule has 0 saturated carbocycles. The summed E-state index contributed by atoms with van der Waals surface area (Å²) in [5, 5.41) is 2.96. The highest BCUT2D eigenvalue weighted by Gasteiger charge is 2.22. The lowest BCUT2D eigenvalue weighted by atomic mass is 10.3. The number of hydrogen-bond donors (Lipinski definition) is 1. The molecule has 0 unspecified atom stereocenters. The molecule has 2 amide bonds. The van der Waals surface area contributed by atoms with Gasteiger partial charge in [0, 0.05) is 57.4 Å². The van der Waals surface area contributed by atoms with Crippen LogP contribution in [0, 0.1) is 0 Å². The minimum absolute atomic E-state index is 0.0799. The van der Waals surface area contributed by atoms with E-state index in [1.165, 1.54) is 0 Å². The molecule has 1 saturated heterocycles. The van der Waals surface area contributed by atoms with Gasteiger partial charge in [-0.25, -0.2) is 9.78 Å². The molecule has 1 N–H and O–H groups in total. The van der Waals surface area contributed by atoms with Crippen molar-refractivity contribution in [1.29, 1.82) is 0 Å². The second-order valence-electron chi connectivity index (χ2n) is 6.92. The Bertz CT molecular complexity index is 793. The number of imidazole rings is 1. The molecule has 7 nitrogen and oxygen atoms in total. The Labute approximate surface area is 160 Å². The number of nitrogens with one attached hydrogen (secondary N) is 1. The number of aryl methyl sites for hydroxylation is 1. The van der Waals surface area contributed by atoms with Crippen LogP contribution in [0.4, 0.5) is 10.5 Å². The van der Waals surface area contributed by atoms with Crippen molar-refractivity contribution in [2.75, 3.05) is 38.1 Å². The van der Waals surface area contributed by atoms with Gasteiger partial charge in [0.1, 0.15) is 18.2 Å². The first-order valence-electron chi connectivity index (χ1n) is 9.13. The molecule has 144 valence electrons. The number of nitrogens with zero attached hydrogens (tertiary/aromatic N) is 4. The number of carbonyl (C=O) groups excluding carboxylic acids is 1. The van der Waals surface area contributed by atoms with Crippen LogP contribution < -0.4 is 10.1 Å². The molecule has 3 rings (SSSR count). The Morgan fingerprint density at radius 2 is 2.07 bits per heavy atom. The van der Waals surface area contributed by atoms with Crippen LogP contribution in [0.15, 0.2) is 48.8 Å². The average molecular weight is 369 g/mol. The minimum Gasteiger partial charge on any atom is -0.489 e. The molecule has 2 aromatic rings. The highest BCUT2D eigenvalue weighted by Crippen LogP contribution is 2.18. The summed E-state index contributed by atoms with van der Waals surface area (Å²) in [6, 6.07) is 7.35. The van der Waals surface area contributed by atoms with Gasteiger partial charge in [0.25, 0.3) is 0 Å². The van der Waals surface area contributed by atoms with Gasteiger partial charge >= 0.3 is 6.03 Å². The molecular weight excluding hydrogens is 342 g/mol. The second-order valence-corrected chi connectivity index (χ2v) is 6.92. The van der Waals surface area contributed by atoms with Crippen LogP contribution in [0.1, 0.15) is 12.7 Å². The van der Waals surface area contributed by atoms with Crippen molar-refractivity contribution in [3.63, 3.8) is 0 Å². The Hall–Kier alpha value is -2.80. The van der Waals surface area contributed by atoms with Gasteiger partial charge in [-0.15, -0.1) is 0 Å². The molecule has 1 aliphatic heterocycles. The number of rotatable bonds is 6. The molecule has 0 radical (unpaired) electrons. The van der Waals surface area contributed by atoms with Gasteiger partial charge in [0.2, 0.25) is 0 Å². The van der Waals surface area contributed by atoms with Crippen molar-refractivity contribution in [3.8, 4) is 5.75 Å². The van der Waals surface area contributed by atoms with E-state index in [1.54, 1.807) is 0 Å². The molecule has 0 aliphatic carbocycles. The Balaban J connectivity index is 1.49. The van der Waals surface area contributed by atoms with Crippen LogP contribution in [-0.4, -0.2) is 58.2 Å². The third-order valence-corrected chi connectivity index (χ3v) is 4.52. The van der Waals surface area contributed by atoms with Gasteiger partial charge in [-0.05, 0) is 24.6 Å². The quantitative estimate of drug-likeness (QED) is 0.796. The molecule has 0 atom stereocenters. The fourth-order valence-electron chi connectivity index (χ4n) is 2.93. The number of ether oxygens (including phenoxy) is 1. The zero-order valence-electron chi connectivity index (χ0n) is 16.0. The average Bonchev–Trinajstić information content (AvgIpc) is 3.05. The Kier molecular flexibility index (Phi) is 6.13. The van der Waals surface area contributed by atoms with E-state index in [-0.39, 0.29) is 6.03 Å². The normalized spacial score (nSPS) is 14.8. The zero-order valence-corrected chi connectivity index (χ0v) is 16.0. The summed E-state index contributed by atoms with van der Waals surface area (Å²) < 4.78 is 7.66. The molecular formula is C20H27N5O2. The van der Waals surface area contributed by atoms with E-state index >= 15 is 0 Å². The summed E-state index contributed by atoms with van der Waals surface area (Å²) in [5.41, 5.74) is 1.68. The van der Waals surface area contributed by atoms with E-state index in [2.05, 4.69) is 21.8 Å². The third-order valence-electron chi connectivity index (χ3n) is 4.52. The third kappa shape index (κ3) is 5.34. The number of carbonyl (C=O) groups is 1. The lowest BCUT2D eigenvalue weighted by Crippen LogP contribution is -2.49. The second kappa shape index (κ2) is 8.73. The standard InChI is InChI=1S/C20H27N5O2/c1-16(2)15-27-18-6-4-5-17(13-18)22-20(26)25-11-9-24(10-12-25)14-19-21-7-8-23(19)3/h4-8,13H,1,9-12,14-15H2,2-3H3,(H,22,26). The highest BCUT2D eigenvalue weighted by atomic mass is 16.5. The summed E-state index contributed by atoms with van der Waals surface area (Å²) in [6.45, 7) is 10.1. The summed E-state index contributed by atoms with van der Waals surface area (Å²) in [6.07, 6.45) is 3.76. The number of amides is 2. The lowest BCUT2D eigenvalue weighted by molar-refractivity contribution is 0.140. The predicted molar refractivity (Wildman–Crippen MR) is 106 cm³/mol. The first kappa shape index (κ1) is 19.0. The molecule has 2 heterocycles. The van der Waals surface area contributed by atoms with Gasteiger partial charge in [0.15, 0.2) is 0 Å². The van der Waals surface area contributed by atoms with Crippen LogP contribution in [0.5, 0.6) is 5.75 Å². The number of piperazine rings is 1. The van der Waals surface area contributed by atoms with Crippen molar-refractivity contribution in [3.05, 3.63) is 54.6 Å². The van der Waals surface area contributed by atoms with Crippen molar-refractivity contribution in [1.82, 2.24) is 19.4 Å². The van der Waals surface area contributed by atoms with Crippen LogP contribution in [-0.2, 0) is 13.6 Å². The van der Waals surface area contributed by atoms with Gasteiger partial charge in [-0.2, -0.15) is 0 Å². The molecule has 1 aromatic carbocycles. The van der Waals surface area contributed by atoms with Gasteiger partial charge in [0.05, 0.1) is 6.54 Å². The van der Waals surface area contributed by atoms with E-state index in [9.17, 15) is 4.79 Å². The topological polar surface area (TPSA) is 62.6 Å². The maximum Gasteiger partial charge on any atom is 0.321 e. The monoisotopic (exact) mass is 369 g/mol. The molecule has 0 bridgehead atoms. The number of aromatic nitrogens is 2. The Morgan fingerprint density at radius 1 is 1.30 bits per heavy atom. The molecule has 1 aromatic heterocycles. The first-order chi connectivity index (χ1) is 13.0. The smallest absolute Gasteiger partial charge is 0.321 e. The minimum atomic E-state index is -0.0799. The summed E-state index contributed by atoms with van der Waals surface area (Å²) in [5.74, 6) is 1.76. The summed E-state index contributed by atoms with van der Waals surface area (Å²) in [7, 11) is 2.00. The van der Waals surface area contributed by atoms with Crippen molar-refractivity contribution in [2.24, 2.45) is 7.05 Å². The Morgan fingerprint density at radius 3 is 2.74 bits per heavy atom. The SMILES string of the molecule is C=C(C)COc1cccc(NC(=O)N2CCN(Cc3nccn3C)CC2)c1. The number of benzene rings is 1. The molecule has 1 aliphatic rings. The lowest BCUT2D eigenvalue weighted by Gasteiger charge is -2.34. The van der Waals surface area contributed by atoms with Crippen molar-refractivity contribution >= 4 is 11.7 Å². The predicted octanol–water partition coefficient (Wildman–Crippen LogP) is 2.72. The molecule has 7 heteroatoms. The fraction of sp³-hybridized carbons (Fsp3) is 0.400. The van der Waals surface area contributed by atoms with E-state index < -0.39 is 0 Å². The van der Waals surface area contributed by atoms with E-state index in [4.69, 9.17) is 4.74 Å².